The van der Waals surface area contributed by atoms with Gasteiger partial charge in [-0.3, -0.25) is 9.59 Å². The molecule has 1 unspecified atom stereocenters. The van der Waals surface area contributed by atoms with Crippen molar-refractivity contribution in [3.63, 3.8) is 0 Å². The van der Waals surface area contributed by atoms with Crippen molar-refractivity contribution in [3.8, 4) is 11.5 Å². The van der Waals surface area contributed by atoms with Gasteiger partial charge in [0.2, 0.25) is 0 Å². The number of carbonyl (C=O) groups excluding carboxylic acids is 2. The van der Waals surface area contributed by atoms with E-state index in [1.165, 1.54) is 6.92 Å². The average Bonchev–Trinajstić information content (AvgIpc) is 2.80. The van der Waals surface area contributed by atoms with Crippen molar-refractivity contribution in [1.82, 2.24) is 4.90 Å². The lowest BCUT2D eigenvalue weighted by atomic mass is 10.2. The lowest BCUT2D eigenvalue weighted by Crippen LogP contribution is -2.60. The fraction of sp³-hybridized carbons (Fsp3) is 0.333. The molecule has 38 heavy (non-hydrogen) atoms. The number of rotatable bonds is 9. The van der Waals surface area contributed by atoms with Gasteiger partial charge in [0.1, 0.15) is 18.0 Å². The Kier molecular flexibility index (Phi) is 9.70. The Morgan fingerprint density at radius 3 is 1.63 bits per heavy atom. The van der Waals surface area contributed by atoms with Crippen LogP contribution in [0.1, 0.15) is 18.1 Å². The van der Waals surface area contributed by atoms with E-state index < -0.39 is 72.6 Å². The molecule has 1 atom stereocenters. The van der Waals surface area contributed by atoms with Gasteiger partial charge in [0, 0.05) is 7.36 Å². The van der Waals surface area contributed by atoms with Crippen LogP contribution in [0.3, 0.4) is 0 Å². The highest BCUT2D eigenvalue weighted by Gasteiger charge is 2.53. The molecule has 17 heteroatoms. The SMILES string of the molecule is CCOC(=O)CN(C(=O)C(F)(F)F)C(Oc1cccc(C(F)(F)F)c1)(Oc1cccc(C(F)(F)F)c1)[PH2]=S. The van der Waals surface area contributed by atoms with E-state index in [0.29, 0.717) is 24.3 Å². The van der Waals surface area contributed by atoms with Gasteiger partial charge < -0.3 is 14.2 Å². The summed E-state index contributed by atoms with van der Waals surface area (Å²) in [5.74, 6) is -5.82. The monoisotopic (exact) mass is 597 g/mol. The standard InChI is InChI=1S/C21H17F9NO5PS/c1-2-34-16(32)11-31(17(33)20(28,29)30)21(37-38,35-14-7-3-5-12(9-14)18(22,23)24)36-15-8-4-6-13(10-15)19(25,26)27/h3-10H,2,11,37H2,1H3. The van der Waals surface area contributed by atoms with Crippen molar-refractivity contribution >= 4 is 31.0 Å². The van der Waals surface area contributed by atoms with Gasteiger partial charge in [-0.1, -0.05) is 23.9 Å². The maximum Gasteiger partial charge on any atom is 0.471 e. The summed E-state index contributed by atoms with van der Waals surface area (Å²) in [5, 5.41) is 0. The number of nitrogens with zero attached hydrogens (tertiary/aromatic N) is 1. The minimum atomic E-state index is -5.70. The van der Waals surface area contributed by atoms with Crippen molar-refractivity contribution in [1.29, 1.82) is 0 Å². The van der Waals surface area contributed by atoms with Crippen LogP contribution in [0.5, 0.6) is 11.5 Å². The highest BCUT2D eigenvalue weighted by Crippen LogP contribution is 2.40. The first-order chi connectivity index (χ1) is 17.4. The molecule has 0 saturated carbocycles. The highest BCUT2D eigenvalue weighted by molar-refractivity contribution is 7.97. The van der Waals surface area contributed by atoms with Gasteiger partial charge in [-0.05, 0) is 43.3 Å². The van der Waals surface area contributed by atoms with Crippen molar-refractivity contribution in [2.45, 2.75) is 31.1 Å². The van der Waals surface area contributed by atoms with Crippen LogP contribution in [0.25, 0.3) is 0 Å². The summed E-state index contributed by atoms with van der Waals surface area (Å²) in [5.41, 5.74) is -5.80. The zero-order valence-electron chi connectivity index (χ0n) is 18.9. The normalized spacial score (nSPS) is 12.9. The largest absolute Gasteiger partial charge is 0.471 e. The molecule has 0 aliphatic carbocycles. The third kappa shape index (κ3) is 8.00. The zero-order chi connectivity index (χ0) is 28.9. The number of alkyl halides is 9. The summed E-state index contributed by atoms with van der Waals surface area (Å²) in [6, 6.07) is 5.21. The van der Waals surface area contributed by atoms with E-state index in [1.807, 2.05) is 0 Å². The Bertz CT molecular complexity index is 1110. The second-order valence-corrected chi connectivity index (χ2v) is 8.87. The maximum absolute atomic E-state index is 13.5. The molecule has 0 heterocycles. The minimum Gasteiger partial charge on any atom is -0.465 e. The molecular weight excluding hydrogens is 580 g/mol. The molecule has 0 spiro atoms. The quantitative estimate of drug-likeness (QED) is 0.162. The number of hydrogen-bond acceptors (Lipinski definition) is 6. The minimum absolute atomic E-state index is 0.343. The number of carbonyl (C=O) groups is 2. The summed E-state index contributed by atoms with van der Waals surface area (Å²) in [6.45, 7) is -0.574. The Morgan fingerprint density at radius 1 is 0.842 bits per heavy atom. The third-order valence-electron chi connectivity index (χ3n) is 4.46. The van der Waals surface area contributed by atoms with Crippen molar-refractivity contribution in [2.75, 3.05) is 13.2 Å². The number of esters is 1. The van der Waals surface area contributed by atoms with Crippen molar-refractivity contribution in [2.24, 2.45) is 0 Å². The fourth-order valence-corrected chi connectivity index (χ4v) is 4.24. The molecule has 2 rings (SSSR count). The van der Waals surface area contributed by atoms with E-state index in [0.717, 1.165) is 24.3 Å². The van der Waals surface area contributed by atoms with Crippen LogP contribution in [0.2, 0.25) is 0 Å². The van der Waals surface area contributed by atoms with Gasteiger partial charge in [-0.2, -0.15) is 39.5 Å². The van der Waals surface area contributed by atoms with Gasteiger partial charge in [0.25, 0.3) is 0 Å². The van der Waals surface area contributed by atoms with Crippen LogP contribution >= 0.6 is 7.36 Å². The zero-order valence-corrected chi connectivity index (χ0v) is 20.9. The molecule has 0 saturated heterocycles. The van der Waals surface area contributed by atoms with E-state index in [4.69, 9.17) is 21.3 Å². The first kappa shape index (κ1) is 31.2. The van der Waals surface area contributed by atoms with Crippen LogP contribution in [0.4, 0.5) is 39.5 Å². The van der Waals surface area contributed by atoms with Gasteiger partial charge >= 0.3 is 36.1 Å². The predicted octanol–water partition coefficient (Wildman–Crippen LogP) is 5.62. The topological polar surface area (TPSA) is 65.1 Å². The summed E-state index contributed by atoms with van der Waals surface area (Å²) in [4.78, 5) is 24.1. The van der Waals surface area contributed by atoms with E-state index in [2.05, 4.69) is 4.74 Å². The van der Waals surface area contributed by atoms with Crippen molar-refractivity contribution in [3.05, 3.63) is 59.7 Å². The lowest BCUT2D eigenvalue weighted by Gasteiger charge is -2.40. The molecule has 0 aromatic heterocycles. The Labute approximate surface area is 215 Å². The van der Waals surface area contributed by atoms with Crippen molar-refractivity contribution < 1.29 is 63.3 Å². The van der Waals surface area contributed by atoms with E-state index in [9.17, 15) is 49.1 Å². The molecule has 1 amide bonds. The van der Waals surface area contributed by atoms with Crippen LogP contribution in [-0.4, -0.2) is 41.8 Å². The maximum atomic E-state index is 13.5. The molecular formula is C21H17F9NO5PS. The number of hydrogen-bond donors (Lipinski definition) is 0. The number of ether oxygens (including phenoxy) is 3. The fourth-order valence-electron chi connectivity index (χ4n) is 2.86. The molecule has 210 valence electrons. The van der Waals surface area contributed by atoms with Crippen LogP contribution in [-0.2, 0) is 38.5 Å². The van der Waals surface area contributed by atoms with Gasteiger partial charge in [-0.25, -0.2) is 4.90 Å². The molecule has 2 aromatic carbocycles. The summed E-state index contributed by atoms with van der Waals surface area (Å²) in [7, 11) is -2.16. The van der Waals surface area contributed by atoms with Crippen LogP contribution < -0.4 is 9.47 Å². The second-order valence-electron chi connectivity index (χ2n) is 7.20. The number of benzene rings is 2. The Morgan fingerprint density at radius 2 is 1.29 bits per heavy atom. The third-order valence-corrected chi connectivity index (χ3v) is 6.20. The summed E-state index contributed by atoms with van der Waals surface area (Å²) < 4.78 is 135. The van der Waals surface area contributed by atoms with Gasteiger partial charge in [0.15, 0.2) is 0 Å². The lowest BCUT2D eigenvalue weighted by molar-refractivity contribution is -0.218. The van der Waals surface area contributed by atoms with Crippen LogP contribution in [0, 0.1) is 0 Å². The molecule has 2 aromatic rings. The summed E-state index contributed by atoms with van der Waals surface area (Å²) in [6.07, 6.45) is -15.6. The van der Waals surface area contributed by atoms with E-state index in [-0.39, 0.29) is 11.5 Å². The first-order valence-corrected chi connectivity index (χ1v) is 12.6. The van der Waals surface area contributed by atoms with Gasteiger partial charge in [0.05, 0.1) is 17.7 Å². The van der Waals surface area contributed by atoms with E-state index >= 15 is 0 Å². The molecule has 0 aliphatic heterocycles. The predicted molar refractivity (Wildman–Crippen MR) is 118 cm³/mol. The molecule has 0 N–H and O–H groups in total. The molecule has 0 radical (unpaired) electrons. The Balaban J connectivity index is 2.75. The average molecular weight is 597 g/mol. The molecule has 0 aliphatic rings. The molecule has 0 fully saturated rings. The first-order valence-electron chi connectivity index (χ1n) is 10.2. The second kappa shape index (κ2) is 11.8. The molecule has 0 bridgehead atoms. The molecule has 6 nitrogen and oxygen atoms in total. The number of amides is 1. The van der Waals surface area contributed by atoms with Crippen LogP contribution in [0.15, 0.2) is 48.5 Å². The Hall–Kier alpha value is -3.00. The van der Waals surface area contributed by atoms with E-state index in [1.54, 1.807) is 0 Å². The smallest absolute Gasteiger partial charge is 0.465 e. The highest BCUT2D eigenvalue weighted by atomic mass is 32.4. The number of halogens is 9. The summed E-state index contributed by atoms with van der Waals surface area (Å²) >= 11 is 4.91. The van der Waals surface area contributed by atoms with Gasteiger partial charge in [-0.15, -0.1) is 0 Å².